The van der Waals surface area contributed by atoms with Crippen molar-refractivity contribution in [3.05, 3.63) is 22.7 Å². The van der Waals surface area contributed by atoms with E-state index in [1.165, 1.54) is 0 Å². The smallest absolute Gasteiger partial charge is 0.221 e. The number of anilines is 2. The largest absolute Gasteiger partial charge is 0.399 e. The molecule has 100 valence electrons. The summed E-state index contributed by atoms with van der Waals surface area (Å²) >= 11 is 3.41. The minimum atomic E-state index is 0.00566. The van der Waals surface area contributed by atoms with Crippen molar-refractivity contribution >= 4 is 33.2 Å². The monoisotopic (exact) mass is 315 g/mol. The Kier molecular flexibility index (Phi) is 6.53. The van der Waals surface area contributed by atoms with E-state index in [1.54, 1.807) is 7.11 Å². The maximum atomic E-state index is 11.4. The van der Waals surface area contributed by atoms with Crippen molar-refractivity contribution in [2.24, 2.45) is 0 Å². The minimum Gasteiger partial charge on any atom is -0.399 e. The fraction of sp³-hybridized carbons (Fsp3) is 0.417. The molecule has 1 aromatic carbocycles. The number of ether oxygens (including phenoxy) is 1. The molecular weight excluding hydrogens is 298 g/mol. The summed E-state index contributed by atoms with van der Waals surface area (Å²) in [4.78, 5) is 11.4. The van der Waals surface area contributed by atoms with Crippen LogP contribution in [-0.4, -0.2) is 32.7 Å². The Morgan fingerprint density at radius 3 is 2.89 bits per heavy atom. The lowest BCUT2D eigenvalue weighted by atomic mass is 10.3. The molecule has 4 N–H and O–H groups in total. The second-order valence-electron chi connectivity index (χ2n) is 3.76. The maximum Gasteiger partial charge on any atom is 0.221 e. The highest BCUT2D eigenvalue weighted by atomic mass is 79.9. The first-order valence-electron chi connectivity index (χ1n) is 5.68. The van der Waals surface area contributed by atoms with Crippen LogP contribution in [0.1, 0.15) is 6.42 Å². The first-order chi connectivity index (χ1) is 8.63. The van der Waals surface area contributed by atoms with Gasteiger partial charge in [0.2, 0.25) is 5.91 Å². The molecule has 0 aliphatic rings. The molecule has 0 fully saturated rings. The SMILES string of the molecule is COCCNC(=O)CCNc1ccc(N)cc1Br. The highest BCUT2D eigenvalue weighted by Crippen LogP contribution is 2.24. The van der Waals surface area contributed by atoms with Crippen molar-refractivity contribution in [1.82, 2.24) is 5.32 Å². The van der Waals surface area contributed by atoms with E-state index in [4.69, 9.17) is 10.5 Å². The van der Waals surface area contributed by atoms with Crippen molar-refractivity contribution in [1.29, 1.82) is 0 Å². The van der Waals surface area contributed by atoms with E-state index >= 15 is 0 Å². The average Bonchev–Trinajstić information content (AvgIpc) is 2.32. The molecule has 6 heteroatoms. The van der Waals surface area contributed by atoms with Crippen molar-refractivity contribution in [3.8, 4) is 0 Å². The van der Waals surface area contributed by atoms with Gasteiger partial charge < -0.3 is 21.1 Å². The second-order valence-corrected chi connectivity index (χ2v) is 4.61. The number of benzene rings is 1. The number of halogens is 1. The predicted octanol–water partition coefficient (Wildman–Crippen LogP) is 1.60. The Morgan fingerprint density at radius 2 is 2.22 bits per heavy atom. The number of methoxy groups -OCH3 is 1. The zero-order valence-corrected chi connectivity index (χ0v) is 11.9. The first kappa shape index (κ1) is 14.8. The number of nitrogens with two attached hydrogens (primary N) is 1. The molecule has 18 heavy (non-hydrogen) atoms. The van der Waals surface area contributed by atoms with Gasteiger partial charge in [0, 0.05) is 42.5 Å². The van der Waals surface area contributed by atoms with Gasteiger partial charge >= 0.3 is 0 Å². The summed E-state index contributed by atoms with van der Waals surface area (Å²) in [6, 6.07) is 5.51. The average molecular weight is 316 g/mol. The molecule has 0 atom stereocenters. The molecule has 1 rings (SSSR count). The van der Waals surface area contributed by atoms with Crippen LogP contribution in [0, 0.1) is 0 Å². The van der Waals surface area contributed by atoms with E-state index in [1.807, 2.05) is 18.2 Å². The Hall–Kier alpha value is -1.27. The van der Waals surface area contributed by atoms with Crippen molar-refractivity contribution < 1.29 is 9.53 Å². The molecule has 0 radical (unpaired) electrons. The number of carbonyl (C=O) groups excluding carboxylic acids is 1. The molecule has 5 nitrogen and oxygen atoms in total. The van der Waals surface area contributed by atoms with Gasteiger partial charge in [-0.05, 0) is 34.1 Å². The standard InChI is InChI=1S/C12H18BrN3O2/c1-18-7-6-16-12(17)4-5-15-11-3-2-9(14)8-10(11)13/h2-3,8,15H,4-7,14H2,1H3,(H,16,17). The molecule has 0 unspecified atom stereocenters. The number of nitrogen functional groups attached to an aromatic ring is 1. The number of amides is 1. The van der Waals surface area contributed by atoms with E-state index in [-0.39, 0.29) is 5.91 Å². The van der Waals surface area contributed by atoms with Crippen LogP contribution in [0.15, 0.2) is 22.7 Å². The fourth-order valence-electron chi connectivity index (χ4n) is 1.37. The van der Waals surface area contributed by atoms with Crippen LogP contribution in [0.4, 0.5) is 11.4 Å². The zero-order chi connectivity index (χ0) is 13.4. The molecular formula is C12H18BrN3O2. The minimum absolute atomic E-state index is 0.00566. The van der Waals surface area contributed by atoms with Crippen LogP contribution in [0.3, 0.4) is 0 Å². The highest BCUT2D eigenvalue weighted by molar-refractivity contribution is 9.10. The zero-order valence-electron chi connectivity index (χ0n) is 10.3. The maximum absolute atomic E-state index is 11.4. The van der Waals surface area contributed by atoms with Crippen molar-refractivity contribution in [3.63, 3.8) is 0 Å². The van der Waals surface area contributed by atoms with Crippen LogP contribution in [0.5, 0.6) is 0 Å². The summed E-state index contributed by atoms with van der Waals surface area (Å²) in [5.41, 5.74) is 7.26. The summed E-state index contributed by atoms with van der Waals surface area (Å²) in [6.45, 7) is 1.64. The Labute approximate surface area is 115 Å². The quantitative estimate of drug-likeness (QED) is 0.527. The fourth-order valence-corrected chi connectivity index (χ4v) is 1.90. The van der Waals surface area contributed by atoms with Gasteiger partial charge in [-0.15, -0.1) is 0 Å². The number of nitrogens with one attached hydrogen (secondary N) is 2. The first-order valence-corrected chi connectivity index (χ1v) is 6.47. The van der Waals surface area contributed by atoms with Gasteiger partial charge in [0.25, 0.3) is 0 Å². The van der Waals surface area contributed by atoms with Crippen molar-refractivity contribution in [2.45, 2.75) is 6.42 Å². The molecule has 0 saturated heterocycles. The molecule has 0 aliphatic carbocycles. The van der Waals surface area contributed by atoms with E-state index in [0.717, 1.165) is 10.2 Å². The number of rotatable bonds is 7. The van der Waals surface area contributed by atoms with Crippen molar-refractivity contribution in [2.75, 3.05) is 37.9 Å². The topological polar surface area (TPSA) is 76.4 Å². The third-order valence-corrected chi connectivity index (χ3v) is 2.95. The van der Waals surface area contributed by atoms with Crippen LogP contribution in [-0.2, 0) is 9.53 Å². The molecule has 0 heterocycles. The Morgan fingerprint density at radius 1 is 1.44 bits per heavy atom. The van der Waals surface area contributed by atoms with Gasteiger partial charge in [0.15, 0.2) is 0 Å². The van der Waals surface area contributed by atoms with Crippen LogP contribution < -0.4 is 16.4 Å². The summed E-state index contributed by atoms with van der Waals surface area (Å²) in [5, 5.41) is 5.92. The van der Waals surface area contributed by atoms with Gasteiger partial charge in [0.1, 0.15) is 0 Å². The molecule has 0 aromatic heterocycles. The lowest BCUT2D eigenvalue weighted by Crippen LogP contribution is -2.28. The molecule has 0 saturated carbocycles. The normalized spacial score (nSPS) is 10.1. The number of carbonyl (C=O) groups is 1. The van der Waals surface area contributed by atoms with E-state index in [2.05, 4.69) is 26.6 Å². The Balaban J connectivity index is 2.26. The third-order valence-electron chi connectivity index (χ3n) is 2.29. The second kappa shape index (κ2) is 7.94. The van der Waals surface area contributed by atoms with E-state index < -0.39 is 0 Å². The lowest BCUT2D eigenvalue weighted by molar-refractivity contribution is -0.121. The van der Waals surface area contributed by atoms with Crippen LogP contribution in [0.2, 0.25) is 0 Å². The summed E-state index contributed by atoms with van der Waals surface area (Å²) < 4.78 is 5.74. The third kappa shape index (κ3) is 5.37. The van der Waals surface area contributed by atoms with Crippen LogP contribution >= 0.6 is 15.9 Å². The number of hydrogen-bond donors (Lipinski definition) is 3. The summed E-state index contributed by atoms with van der Waals surface area (Å²) in [6.07, 6.45) is 0.417. The molecule has 0 bridgehead atoms. The number of hydrogen-bond acceptors (Lipinski definition) is 4. The van der Waals surface area contributed by atoms with Crippen LogP contribution in [0.25, 0.3) is 0 Å². The highest BCUT2D eigenvalue weighted by Gasteiger charge is 2.02. The van der Waals surface area contributed by atoms with E-state index in [0.29, 0.717) is 31.8 Å². The van der Waals surface area contributed by atoms with Gasteiger partial charge in [-0.25, -0.2) is 0 Å². The van der Waals surface area contributed by atoms with E-state index in [9.17, 15) is 4.79 Å². The van der Waals surface area contributed by atoms with Gasteiger partial charge in [0.05, 0.1) is 6.61 Å². The lowest BCUT2D eigenvalue weighted by Gasteiger charge is -2.09. The van der Waals surface area contributed by atoms with Gasteiger partial charge in [-0.3, -0.25) is 4.79 Å². The summed E-state index contributed by atoms with van der Waals surface area (Å²) in [7, 11) is 1.60. The molecule has 1 aromatic rings. The molecule has 0 aliphatic heterocycles. The molecule has 0 spiro atoms. The predicted molar refractivity (Wildman–Crippen MR) is 76.5 cm³/mol. The van der Waals surface area contributed by atoms with Gasteiger partial charge in [-0.2, -0.15) is 0 Å². The summed E-state index contributed by atoms with van der Waals surface area (Å²) in [5.74, 6) is 0.00566. The Bertz CT molecular complexity index is 399. The van der Waals surface area contributed by atoms with Gasteiger partial charge in [-0.1, -0.05) is 0 Å². The molecule has 1 amide bonds.